The molecule has 0 aromatic rings. The van der Waals surface area contributed by atoms with Crippen LogP contribution in [0.3, 0.4) is 0 Å². The van der Waals surface area contributed by atoms with Crippen molar-refractivity contribution in [1.82, 2.24) is 0 Å². The first kappa shape index (κ1) is 58.7. The number of carbonyl (C=O) groups excluding carboxylic acids is 1. The van der Waals surface area contributed by atoms with E-state index in [4.69, 9.17) is 18.5 Å². The first-order valence-corrected chi connectivity index (χ1v) is 25.8. The lowest BCUT2D eigenvalue weighted by Gasteiger charge is -2.24. The van der Waals surface area contributed by atoms with Gasteiger partial charge in [0, 0.05) is 13.0 Å². The second-order valence-electron chi connectivity index (χ2n) is 17.1. The number of hydrogen-bond donors (Lipinski definition) is 1. The normalized spacial score (nSPS) is 14.4. The number of hydrogen-bond acceptors (Lipinski definition) is 6. The predicted molar refractivity (Wildman–Crippen MR) is 261 cm³/mol. The average molecular weight is 875 g/mol. The lowest BCUT2D eigenvalue weighted by molar-refractivity contribution is -0.870. The summed E-state index contributed by atoms with van der Waals surface area (Å²) in [6, 6.07) is 0. The van der Waals surface area contributed by atoms with E-state index in [9.17, 15) is 14.3 Å². The SMILES string of the molecule is CC/C=C\C/C=C\C/C=C\C/C=C\CCCOCC(COP(=O)(O)OCC[N+](C)(C)C)OC(=O)CCCCCCCCCCCC/C=C\C/C=C\C/C=C\CCCCCCC. The van der Waals surface area contributed by atoms with E-state index in [2.05, 4.69) is 98.9 Å². The molecular weight excluding hydrogens is 782 g/mol. The predicted octanol–water partition coefficient (Wildman–Crippen LogP) is 14.8. The van der Waals surface area contributed by atoms with E-state index >= 15 is 0 Å². The van der Waals surface area contributed by atoms with Crippen LogP contribution in [0.25, 0.3) is 0 Å². The van der Waals surface area contributed by atoms with Gasteiger partial charge in [0.15, 0.2) is 0 Å². The van der Waals surface area contributed by atoms with E-state index < -0.39 is 13.9 Å². The molecule has 2 atom stereocenters. The topological polar surface area (TPSA) is 91.3 Å². The van der Waals surface area contributed by atoms with Gasteiger partial charge in [-0.25, -0.2) is 4.57 Å². The Labute approximate surface area is 375 Å². The van der Waals surface area contributed by atoms with E-state index in [1.54, 1.807) is 0 Å². The van der Waals surface area contributed by atoms with Crippen LogP contribution in [-0.4, -0.2) is 75.6 Å². The molecule has 352 valence electrons. The lowest BCUT2D eigenvalue weighted by Crippen LogP contribution is -2.37. The third-order valence-electron chi connectivity index (χ3n) is 9.94. The van der Waals surface area contributed by atoms with Crippen LogP contribution >= 0.6 is 7.82 Å². The molecule has 0 fully saturated rings. The third kappa shape index (κ3) is 48.6. The maximum Gasteiger partial charge on any atom is 0.472 e. The van der Waals surface area contributed by atoms with Crippen LogP contribution < -0.4 is 0 Å². The number of ether oxygens (including phenoxy) is 2. The van der Waals surface area contributed by atoms with E-state index in [1.165, 1.54) is 89.9 Å². The Morgan fingerprint density at radius 2 is 0.951 bits per heavy atom. The monoisotopic (exact) mass is 875 g/mol. The van der Waals surface area contributed by atoms with E-state index in [0.717, 1.165) is 70.6 Å². The van der Waals surface area contributed by atoms with Gasteiger partial charge in [0.25, 0.3) is 0 Å². The second-order valence-corrected chi connectivity index (χ2v) is 18.6. The number of nitrogens with zero attached hydrogens (tertiary/aromatic N) is 1. The first-order chi connectivity index (χ1) is 29.6. The summed E-state index contributed by atoms with van der Waals surface area (Å²) < 4.78 is 35.0. The van der Waals surface area contributed by atoms with Crippen LogP contribution in [0.2, 0.25) is 0 Å². The summed E-state index contributed by atoms with van der Waals surface area (Å²) in [7, 11) is 1.62. The minimum absolute atomic E-state index is 0.0733. The molecular formula is C52H93NO7P+. The number of rotatable bonds is 44. The van der Waals surface area contributed by atoms with Crippen molar-refractivity contribution in [2.24, 2.45) is 0 Å². The Balaban J connectivity index is 4.20. The number of unbranched alkanes of at least 4 members (excludes halogenated alkanes) is 16. The van der Waals surface area contributed by atoms with Gasteiger partial charge in [-0.2, -0.15) is 0 Å². The summed E-state index contributed by atoms with van der Waals surface area (Å²) in [4.78, 5) is 22.9. The van der Waals surface area contributed by atoms with E-state index in [-0.39, 0.29) is 25.8 Å². The summed E-state index contributed by atoms with van der Waals surface area (Å²) in [6.45, 7) is 5.32. The summed E-state index contributed by atoms with van der Waals surface area (Å²) >= 11 is 0. The van der Waals surface area contributed by atoms with Gasteiger partial charge in [-0.1, -0.05) is 176 Å². The first-order valence-electron chi connectivity index (χ1n) is 24.3. The molecule has 0 aromatic heterocycles. The highest BCUT2D eigenvalue weighted by Gasteiger charge is 2.26. The highest BCUT2D eigenvalue weighted by Crippen LogP contribution is 2.43. The van der Waals surface area contributed by atoms with Crippen molar-refractivity contribution in [3.63, 3.8) is 0 Å². The van der Waals surface area contributed by atoms with Gasteiger partial charge in [0.1, 0.15) is 19.3 Å². The Bertz CT molecular complexity index is 1250. The molecule has 0 saturated carbocycles. The smallest absolute Gasteiger partial charge is 0.457 e. The molecule has 9 heteroatoms. The summed E-state index contributed by atoms with van der Waals surface area (Å²) in [6.07, 6.45) is 59.3. The molecule has 0 aromatic carbocycles. The number of phosphoric ester groups is 1. The molecule has 0 aliphatic rings. The van der Waals surface area contributed by atoms with E-state index in [1.807, 2.05) is 21.1 Å². The van der Waals surface area contributed by atoms with Gasteiger partial charge in [-0.05, 0) is 83.5 Å². The highest BCUT2D eigenvalue weighted by atomic mass is 31.2. The van der Waals surface area contributed by atoms with Crippen LogP contribution in [0, 0.1) is 0 Å². The maximum absolute atomic E-state index is 12.7. The summed E-state index contributed by atoms with van der Waals surface area (Å²) in [5.74, 6) is -0.339. The molecule has 0 aliphatic heterocycles. The van der Waals surface area contributed by atoms with Crippen LogP contribution in [0.15, 0.2) is 85.1 Å². The fourth-order valence-electron chi connectivity index (χ4n) is 6.21. The number of esters is 1. The minimum atomic E-state index is -4.30. The Kier molecular flexibility index (Phi) is 42.6. The molecule has 0 spiro atoms. The van der Waals surface area contributed by atoms with Gasteiger partial charge in [-0.15, -0.1) is 0 Å². The van der Waals surface area contributed by atoms with Crippen molar-refractivity contribution < 1.29 is 37.3 Å². The molecule has 0 amide bonds. The molecule has 2 unspecified atom stereocenters. The summed E-state index contributed by atoms with van der Waals surface area (Å²) in [5.41, 5.74) is 0. The Morgan fingerprint density at radius 3 is 1.43 bits per heavy atom. The van der Waals surface area contributed by atoms with Crippen LogP contribution in [0.1, 0.15) is 181 Å². The van der Waals surface area contributed by atoms with Crippen molar-refractivity contribution in [2.75, 3.05) is 54.1 Å². The van der Waals surface area contributed by atoms with Crippen molar-refractivity contribution in [3.05, 3.63) is 85.1 Å². The van der Waals surface area contributed by atoms with Crippen LogP contribution in [0.4, 0.5) is 0 Å². The minimum Gasteiger partial charge on any atom is -0.457 e. The molecule has 0 bridgehead atoms. The zero-order valence-electron chi connectivity index (χ0n) is 39.9. The van der Waals surface area contributed by atoms with Crippen LogP contribution in [0.5, 0.6) is 0 Å². The Morgan fingerprint density at radius 1 is 0.525 bits per heavy atom. The Hall–Kier alpha value is -2.32. The quantitative estimate of drug-likeness (QED) is 0.0214. The van der Waals surface area contributed by atoms with Crippen molar-refractivity contribution >= 4 is 13.8 Å². The van der Waals surface area contributed by atoms with Crippen molar-refractivity contribution in [3.8, 4) is 0 Å². The molecule has 0 heterocycles. The third-order valence-corrected chi connectivity index (χ3v) is 10.9. The van der Waals surface area contributed by atoms with E-state index in [0.29, 0.717) is 24.1 Å². The van der Waals surface area contributed by atoms with Crippen molar-refractivity contribution in [1.29, 1.82) is 0 Å². The van der Waals surface area contributed by atoms with Crippen molar-refractivity contribution in [2.45, 2.75) is 187 Å². The van der Waals surface area contributed by atoms with Crippen LogP contribution in [-0.2, 0) is 27.9 Å². The zero-order valence-corrected chi connectivity index (χ0v) is 40.8. The lowest BCUT2D eigenvalue weighted by atomic mass is 10.0. The standard InChI is InChI=1S/C52H92NO7P/c1-6-8-10-12-14-16-18-20-22-23-24-25-26-27-28-29-30-31-32-33-35-37-39-41-43-45-52(54)60-51(50-59-61(55,56)58-48-46-53(3,4)5)49-57-47-44-42-40-38-36-34-21-19-17-15-13-11-9-7-2/h9,11,15,17-18,20-21,23-24,26-27,34,38,40,51H,6-8,10,12-14,16,19,22,25,28-33,35-37,39,41-50H2,1-5H3/p+1/b11-9-,17-15-,20-18-,24-23-,27-26-,34-21-,40-38-. The second kappa shape index (κ2) is 44.3. The molecule has 1 N–H and O–H groups in total. The van der Waals surface area contributed by atoms with Gasteiger partial charge in [0.2, 0.25) is 0 Å². The molecule has 61 heavy (non-hydrogen) atoms. The molecule has 0 aliphatic carbocycles. The number of carbonyl (C=O) groups is 1. The molecule has 0 rings (SSSR count). The number of allylic oxidation sites excluding steroid dienone is 14. The van der Waals surface area contributed by atoms with Gasteiger partial charge >= 0.3 is 13.8 Å². The molecule has 0 saturated heterocycles. The van der Waals surface area contributed by atoms with Gasteiger partial charge in [-0.3, -0.25) is 13.8 Å². The fraction of sp³-hybridized carbons (Fsp3) is 0.712. The zero-order chi connectivity index (χ0) is 44.8. The number of quaternary nitrogens is 1. The average Bonchev–Trinajstić information content (AvgIpc) is 3.22. The van der Waals surface area contributed by atoms with Gasteiger partial charge in [0.05, 0.1) is 34.4 Å². The summed E-state index contributed by atoms with van der Waals surface area (Å²) in [5, 5.41) is 0. The highest BCUT2D eigenvalue weighted by molar-refractivity contribution is 7.47. The maximum atomic E-state index is 12.7. The molecule has 8 nitrogen and oxygen atoms in total. The molecule has 0 radical (unpaired) electrons. The van der Waals surface area contributed by atoms with Gasteiger partial charge < -0.3 is 18.9 Å². The number of likely N-dealkylation sites (N-methyl/N-ethyl adjacent to an activating group) is 1. The number of phosphoric acid groups is 1. The largest absolute Gasteiger partial charge is 0.472 e. The fourth-order valence-corrected chi connectivity index (χ4v) is 6.95.